The Morgan fingerprint density at radius 1 is 1.19 bits per heavy atom. The van der Waals surface area contributed by atoms with Gasteiger partial charge in [0.1, 0.15) is 0 Å². The number of benzene rings is 2. The van der Waals surface area contributed by atoms with Gasteiger partial charge in [0, 0.05) is 28.4 Å². The first-order chi connectivity index (χ1) is 10.1. The van der Waals surface area contributed by atoms with Crippen LogP contribution in [0.25, 0.3) is 0 Å². The third-order valence-electron chi connectivity index (χ3n) is 3.16. The summed E-state index contributed by atoms with van der Waals surface area (Å²) in [7, 11) is 0. The van der Waals surface area contributed by atoms with Crippen LogP contribution in [-0.2, 0) is 4.79 Å². The maximum absolute atomic E-state index is 11.0. The Morgan fingerprint density at radius 3 is 2.48 bits per heavy atom. The Kier molecular flexibility index (Phi) is 5.42. The lowest BCUT2D eigenvalue weighted by molar-refractivity contribution is -0.114. The number of carbonyl (C=O) groups is 1. The Morgan fingerprint density at radius 2 is 1.86 bits per heavy atom. The van der Waals surface area contributed by atoms with Crippen LogP contribution in [0.5, 0.6) is 0 Å². The van der Waals surface area contributed by atoms with Gasteiger partial charge in [0.15, 0.2) is 0 Å². The molecule has 0 fully saturated rings. The summed E-state index contributed by atoms with van der Waals surface area (Å²) in [6.07, 6.45) is 0.916. The fourth-order valence-electron chi connectivity index (χ4n) is 2.04. The van der Waals surface area contributed by atoms with Crippen LogP contribution in [0.3, 0.4) is 0 Å². The molecule has 3 N–H and O–H groups in total. The van der Waals surface area contributed by atoms with E-state index in [9.17, 15) is 4.79 Å². The zero-order chi connectivity index (χ0) is 15.2. The maximum Gasteiger partial charge on any atom is 0.221 e. The SMILES string of the molecule is CC[C@H](N)c1ccccc1Sc1ccc(NC(C)=O)cc1. The number of anilines is 1. The molecule has 2 rings (SSSR count). The minimum Gasteiger partial charge on any atom is -0.326 e. The number of hydrogen-bond donors (Lipinski definition) is 2. The standard InChI is InChI=1S/C17H20N2OS/c1-3-16(18)15-6-4-5-7-17(15)21-14-10-8-13(9-11-14)19-12(2)20/h4-11,16H,3,18H2,1-2H3,(H,19,20)/t16-/m0/s1. The van der Waals surface area contributed by atoms with Crippen molar-refractivity contribution >= 4 is 23.4 Å². The second-order valence-electron chi connectivity index (χ2n) is 4.86. The van der Waals surface area contributed by atoms with Crippen molar-refractivity contribution in [3.8, 4) is 0 Å². The van der Waals surface area contributed by atoms with Crippen molar-refractivity contribution in [2.75, 3.05) is 5.32 Å². The van der Waals surface area contributed by atoms with Crippen LogP contribution in [0.2, 0.25) is 0 Å². The molecule has 110 valence electrons. The van der Waals surface area contributed by atoms with Gasteiger partial charge in [0.2, 0.25) is 5.91 Å². The summed E-state index contributed by atoms with van der Waals surface area (Å²) >= 11 is 1.69. The molecule has 0 radical (unpaired) electrons. The molecular weight excluding hydrogens is 280 g/mol. The molecule has 0 heterocycles. The second-order valence-corrected chi connectivity index (χ2v) is 5.98. The third kappa shape index (κ3) is 4.34. The molecule has 0 bridgehead atoms. The molecule has 3 nitrogen and oxygen atoms in total. The molecule has 1 atom stereocenters. The van der Waals surface area contributed by atoms with Gasteiger partial charge >= 0.3 is 0 Å². The van der Waals surface area contributed by atoms with E-state index in [2.05, 4.69) is 24.4 Å². The summed E-state index contributed by atoms with van der Waals surface area (Å²) in [5.41, 5.74) is 8.15. The van der Waals surface area contributed by atoms with Gasteiger partial charge in [-0.1, -0.05) is 36.9 Å². The summed E-state index contributed by atoms with van der Waals surface area (Å²) in [4.78, 5) is 13.3. The van der Waals surface area contributed by atoms with Crippen molar-refractivity contribution in [3.63, 3.8) is 0 Å². The lowest BCUT2D eigenvalue weighted by Crippen LogP contribution is -2.09. The fourth-order valence-corrected chi connectivity index (χ4v) is 3.05. The fraction of sp³-hybridized carbons (Fsp3) is 0.235. The van der Waals surface area contributed by atoms with Crippen LogP contribution < -0.4 is 11.1 Å². The molecule has 0 aliphatic carbocycles. The van der Waals surface area contributed by atoms with E-state index in [-0.39, 0.29) is 11.9 Å². The summed E-state index contributed by atoms with van der Waals surface area (Å²) in [6.45, 7) is 3.60. The molecular formula is C17H20N2OS. The molecule has 4 heteroatoms. The van der Waals surface area contributed by atoms with Crippen molar-refractivity contribution in [2.45, 2.75) is 36.1 Å². The van der Waals surface area contributed by atoms with E-state index in [0.29, 0.717) is 0 Å². The van der Waals surface area contributed by atoms with Crippen LogP contribution in [0, 0.1) is 0 Å². The first-order valence-corrected chi connectivity index (χ1v) is 7.81. The smallest absolute Gasteiger partial charge is 0.221 e. The van der Waals surface area contributed by atoms with Gasteiger partial charge in [-0.3, -0.25) is 4.79 Å². The molecule has 2 aromatic carbocycles. The molecule has 21 heavy (non-hydrogen) atoms. The van der Waals surface area contributed by atoms with Gasteiger partial charge in [-0.2, -0.15) is 0 Å². The number of carbonyl (C=O) groups excluding carboxylic acids is 1. The number of rotatable bonds is 5. The monoisotopic (exact) mass is 300 g/mol. The zero-order valence-electron chi connectivity index (χ0n) is 12.3. The molecule has 0 spiro atoms. The normalized spacial score (nSPS) is 12.0. The number of hydrogen-bond acceptors (Lipinski definition) is 3. The number of nitrogens with two attached hydrogens (primary N) is 1. The van der Waals surface area contributed by atoms with E-state index in [1.807, 2.05) is 36.4 Å². The lowest BCUT2D eigenvalue weighted by atomic mass is 10.1. The molecule has 0 aliphatic heterocycles. The Labute approximate surface area is 129 Å². The van der Waals surface area contributed by atoms with E-state index >= 15 is 0 Å². The van der Waals surface area contributed by atoms with Crippen LogP contribution >= 0.6 is 11.8 Å². The van der Waals surface area contributed by atoms with Gasteiger partial charge in [-0.15, -0.1) is 0 Å². The van der Waals surface area contributed by atoms with Crippen LogP contribution in [0.15, 0.2) is 58.3 Å². The van der Waals surface area contributed by atoms with Gasteiger partial charge in [-0.05, 0) is 42.3 Å². The van der Waals surface area contributed by atoms with E-state index in [1.165, 1.54) is 17.4 Å². The summed E-state index contributed by atoms with van der Waals surface area (Å²) in [6, 6.07) is 16.1. The lowest BCUT2D eigenvalue weighted by Gasteiger charge is -2.14. The van der Waals surface area contributed by atoms with E-state index in [4.69, 9.17) is 5.73 Å². The highest BCUT2D eigenvalue weighted by atomic mass is 32.2. The summed E-state index contributed by atoms with van der Waals surface area (Å²) in [5, 5.41) is 2.77. The van der Waals surface area contributed by atoms with Crippen LogP contribution in [0.4, 0.5) is 5.69 Å². The Hall–Kier alpha value is -1.78. The highest BCUT2D eigenvalue weighted by Crippen LogP contribution is 2.33. The predicted molar refractivity (Wildman–Crippen MR) is 88.5 cm³/mol. The minimum absolute atomic E-state index is 0.0605. The van der Waals surface area contributed by atoms with E-state index in [0.717, 1.165) is 17.0 Å². The molecule has 1 amide bonds. The van der Waals surface area contributed by atoms with Gasteiger partial charge in [0.25, 0.3) is 0 Å². The molecule has 0 saturated carbocycles. The average Bonchev–Trinajstić information content (AvgIpc) is 2.48. The first-order valence-electron chi connectivity index (χ1n) is 7.00. The van der Waals surface area contributed by atoms with Crippen LogP contribution in [0.1, 0.15) is 31.9 Å². The highest BCUT2D eigenvalue weighted by Gasteiger charge is 2.09. The zero-order valence-corrected chi connectivity index (χ0v) is 13.1. The molecule has 0 saturated heterocycles. The summed E-state index contributed by atoms with van der Waals surface area (Å²) in [5.74, 6) is -0.0605. The topological polar surface area (TPSA) is 55.1 Å². The maximum atomic E-state index is 11.0. The average molecular weight is 300 g/mol. The van der Waals surface area contributed by atoms with Crippen molar-refractivity contribution in [1.82, 2.24) is 0 Å². The van der Waals surface area contributed by atoms with Crippen molar-refractivity contribution in [3.05, 3.63) is 54.1 Å². The predicted octanol–water partition coefficient (Wildman–Crippen LogP) is 4.21. The van der Waals surface area contributed by atoms with Gasteiger partial charge in [-0.25, -0.2) is 0 Å². The summed E-state index contributed by atoms with van der Waals surface area (Å²) < 4.78 is 0. The quantitative estimate of drug-likeness (QED) is 0.870. The first kappa shape index (κ1) is 15.6. The number of nitrogens with one attached hydrogen (secondary N) is 1. The molecule has 0 aliphatic rings. The van der Waals surface area contributed by atoms with E-state index in [1.54, 1.807) is 11.8 Å². The largest absolute Gasteiger partial charge is 0.326 e. The number of amides is 1. The second kappa shape index (κ2) is 7.29. The Balaban J connectivity index is 2.16. The van der Waals surface area contributed by atoms with Crippen LogP contribution in [-0.4, -0.2) is 5.91 Å². The van der Waals surface area contributed by atoms with Gasteiger partial charge < -0.3 is 11.1 Å². The van der Waals surface area contributed by atoms with Crippen molar-refractivity contribution < 1.29 is 4.79 Å². The van der Waals surface area contributed by atoms with Crippen molar-refractivity contribution in [2.24, 2.45) is 5.73 Å². The van der Waals surface area contributed by atoms with Gasteiger partial charge in [0.05, 0.1) is 0 Å². The Bertz CT molecular complexity index is 610. The molecule has 0 aromatic heterocycles. The van der Waals surface area contributed by atoms with Crippen molar-refractivity contribution in [1.29, 1.82) is 0 Å². The highest BCUT2D eigenvalue weighted by molar-refractivity contribution is 7.99. The third-order valence-corrected chi connectivity index (χ3v) is 4.26. The minimum atomic E-state index is -0.0605. The molecule has 0 unspecified atom stereocenters. The molecule has 2 aromatic rings. The van der Waals surface area contributed by atoms with E-state index < -0.39 is 0 Å².